The molecular weight excluding hydrogens is 332 g/mol. The summed E-state index contributed by atoms with van der Waals surface area (Å²) < 4.78 is 5.16. The van der Waals surface area contributed by atoms with Crippen molar-refractivity contribution in [3.05, 3.63) is 65.7 Å². The zero-order valence-corrected chi connectivity index (χ0v) is 14.7. The van der Waals surface area contributed by atoms with E-state index in [1.54, 1.807) is 44.4 Å². The molecule has 0 aliphatic rings. The van der Waals surface area contributed by atoms with E-state index in [9.17, 15) is 14.4 Å². The first-order chi connectivity index (χ1) is 12.5. The third kappa shape index (κ3) is 5.44. The second kappa shape index (κ2) is 9.36. The molecule has 135 valence electrons. The summed E-state index contributed by atoms with van der Waals surface area (Å²) in [6.45, 7) is 3.72. The van der Waals surface area contributed by atoms with Gasteiger partial charge in [0.05, 0.1) is 5.69 Å². The topological polar surface area (TPSA) is 84.5 Å². The number of hydrogen-bond acceptors (Lipinski definition) is 4. The van der Waals surface area contributed by atoms with Crippen LogP contribution in [0, 0.1) is 5.92 Å². The van der Waals surface area contributed by atoms with E-state index in [1.165, 1.54) is 0 Å². The highest BCUT2D eigenvalue weighted by molar-refractivity contribution is 6.00. The molecule has 0 fully saturated rings. The Morgan fingerprint density at radius 2 is 1.69 bits per heavy atom. The molecule has 2 N–H and O–H groups in total. The number of amides is 2. The van der Waals surface area contributed by atoms with Crippen LogP contribution in [0.4, 0.5) is 10.5 Å². The van der Waals surface area contributed by atoms with E-state index in [-0.39, 0.29) is 18.1 Å². The van der Waals surface area contributed by atoms with E-state index in [0.29, 0.717) is 5.69 Å². The summed E-state index contributed by atoms with van der Waals surface area (Å²) in [5.41, 5.74) is 1.44. The molecule has 2 amide bonds. The van der Waals surface area contributed by atoms with Gasteiger partial charge in [-0.15, -0.1) is 0 Å². The van der Waals surface area contributed by atoms with Crippen LogP contribution in [0.1, 0.15) is 25.0 Å². The quantitative estimate of drug-likeness (QED) is 0.801. The Hall–Kier alpha value is -3.15. The Morgan fingerprint density at radius 3 is 2.35 bits per heavy atom. The first kappa shape index (κ1) is 19.2. The van der Waals surface area contributed by atoms with Crippen molar-refractivity contribution in [3.63, 3.8) is 0 Å². The second-order valence-corrected chi connectivity index (χ2v) is 6.06. The number of rotatable bonds is 7. The number of benzene rings is 2. The minimum absolute atomic E-state index is 0.113. The molecule has 0 bridgehead atoms. The minimum atomic E-state index is -0.807. The predicted octanol–water partition coefficient (Wildman–Crippen LogP) is 3.03. The van der Waals surface area contributed by atoms with Gasteiger partial charge in [-0.2, -0.15) is 0 Å². The Labute approximate surface area is 152 Å². The molecule has 1 radical (unpaired) electrons. The average Bonchev–Trinajstić information content (AvgIpc) is 2.65. The van der Waals surface area contributed by atoms with Crippen LogP contribution < -0.4 is 10.6 Å². The van der Waals surface area contributed by atoms with Gasteiger partial charge in [0.1, 0.15) is 12.6 Å². The average molecular weight is 353 g/mol. The summed E-state index contributed by atoms with van der Waals surface area (Å²) in [7, 11) is 0. The van der Waals surface area contributed by atoms with Gasteiger partial charge in [0, 0.05) is 5.56 Å². The maximum Gasteiger partial charge on any atom is 0.408 e. The van der Waals surface area contributed by atoms with Crippen molar-refractivity contribution >= 4 is 24.0 Å². The summed E-state index contributed by atoms with van der Waals surface area (Å²) in [4.78, 5) is 35.5. The van der Waals surface area contributed by atoms with Crippen LogP contribution in [0.25, 0.3) is 0 Å². The Bertz CT molecular complexity index is 759. The fraction of sp³-hybridized carbons (Fsp3) is 0.250. The van der Waals surface area contributed by atoms with Crippen LogP contribution in [-0.4, -0.2) is 24.3 Å². The number of hydrogen-bond donors (Lipinski definition) is 2. The summed E-state index contributed by atoms with van der Waals surface area (Å²) >= 11 is 0. The minimum Gasteiger partial charge on any atom is -0.445 e. The van der Waals surface area contributed by atoms with E-state index >= 15 is 0 Å². The van der Waals surface area contributed by atoms with Crippen LogP contribution >= 0.6 is 0 Å². The third-order valence-electron chi connectivity index (χ3n) is 3.73. The molecule has 2 rings (SSSR count). The number of ether oxygens (including phenoxy) is 1. The van der Waals surface area contributed by atoms with E-state index in [0.717, 1.165) is 5.56 Å². The maximum absolute atomic E-state index is 12.5. The molecule has 2 aromatic carbocycles. The summed E-state index contributed by atoms with van der Waals surface area (Å²) in [6, 6.07) is 15.0. The van der Waals surface area contributed by atoms with Crippen molar-refractivity contribution in [2.45, 2.75) is 26.5 Å². The van der Waals surface area contributed by atoms with Gasteiger partial charge >= 0.3 is 6.09 Å². The van der Waals surface area contributed by atoms with Crippen molar-refractivity contribution in [1.29, 1.82) is 0 Å². The van der Waals surface area contributed by atoms with Gasteiger partial charge in [-0.1, -0.05) is 56.3 Å². The van der Waals surface area contributed by atoms with Gasteiger partial charge in [0.15, 0.2) is 0 Å². The summed E-state index contributed by atoms with van der Waals surface area (Å²) in [5.74, 6) is -0.606. The van der Waals surface area contributed by atoms with Crippen LogP contribution in [-0.2, 0) is 20.9 Å². The van der Waals surface area contributed by atoms with Gasteiger partial charge in [-0.05, 0) is 23.6 Å². The largest absolute Gasteiger partial charge is 0.445 e. The zero-order chi connectivity index (χ0) is 18.9. The van der Waals surface area contributed by atoms with Crippen molar-refractivity contribution in [2.75, 3.05) is 5.32 Å². The van der Waals surface area contributed by atoms with E-state index in [1.807, 2.05) is 30.3 Å². The molecule has 6 nitrogen and oxygen atoms in total. The van der Waals surface area contributed by atoms with E-state index in [4.69, 9.17) is 4.74 Å². The number of anilines is 1. The smallest absolute Gasteiger partial charge is 0.408 e. The number of nitrogens with one attached hydrogen (secondary N) is 2. The SMILES string of the molecule is CC(C)[C@H](NC(=O)OCc1ccccc1)C(=O)Nc1ccccc1[C]=O. The first-order valence-electron chi connectivity index (χ1n) is 8.26. The number of carbonyl (C=O) groups excluding carboxylic acids is 3. The van der Waals surface area contributed by atoms with Gasteiger partial charge in [0.2, 0.25) is 12.2 Å². The van der Waals surface area contributed by atoms with Crippen LogP contribution in [0.5, 0.6) is 0 Å². The number of alkyl carbamates (subject to hydrolysis) is 1. The second-order valence-electron chi connectivity index (χ2n) is 6.06. The van der Waals surface area contributed by atoms with Gasteiger partial charge in [-0.3, -0.25) is 9.59 Å². The highest BCUT2D eigenvalue weighted by Crippen LogP contribution is 2.14. The predicted molar refractivity (Wildman–Crippen MR) is 98.3 cm³/mol. The molecule has 2 aromatic rings. The van der Waals surface area contributed by atoms with Crippen LogP contribution in [0.2, 0.25) is 0 Å². The van der Waals surface area contributed by atoms with Crippen molar-refractivity contribution in [3.8, 4) is 0 Å². The van der Waals surface area contributed by atoms with Gasteiger partial charge in [-0.25, -0.2) is 4.79 Å². The lowest BCUT2D eigenvalue weighted by Gasteiger charge is -2.21. The fourth-order valence-electron chi connectivity index (χ4n) is 2.32. The normalized spacial score (nSPS) is 11.5. The molecular formula is C20H21N2O4. The Balaban J connectivity index is 1.97. The molecule has 1 atom stereocenters. The molecule has 0 aliphatic carbocycles. The van der Waals surface area contributed by atoms with Crippen molar-refractivity contribution in [1.82, 2.24) is 5.32 Å². The maximum atomic E-state index is 12.5. The lowest BCUT2D eigenvalue weighted by Crippen LogP contribution is -2.47. The van der Waals surface area contributed by atoms with Gasteiger partial charge in [0.25, 0.3) is 0 Å². The molecule has 0 unspecified atom stereocenters. The zero-order valence-electron chi connectivity index (χ0n) is 14.7. The monoisotopic (exact) mass is 353 g/mol. The molecule has 0 saturated heterocycles. The molecule has 0 spiro atoms. The Morgan fingerprint density at radius 1 is 1.04 bits per heavy atom. The summed E-state index contributed by atoms with van der Waals surface area (Å²) in [6.07, 6.45) is 1.09. The number of para-hydroxylation sites is 1. The molecule has 6 heteroatoms. The van der Waals surface area contributed by atoms with Crippen LogP contribution in [0.3, 0.4) is 0 Å². The molecule has 0 aromatic heterocycles. The van der Waals surface area contributed by atoms with Crippen molar-refractivity contribution in [2.24, 2.45) is 5.92 Å². The molecule has 0 aliphatic heterocycles. The van der Waals surface area contributed by atoms with Gasteiger partial charge < -0.3 is 15.4 Å². The third-order valence-corrected chi connectivity index (χ3v) is 3.73. The highest BCUT2D eigenvalue weighted by atomic mass is 16.5. The highest BCUT2D eigenvalue weighted by Gasteiger charge is 2.25. The number of carbonyl (C=O) groups is 2. The van der Waals surface area contributed by atoms with Crippen LogP contribution in [0.15, 0.2) is 54.6 Å². The lowest BCUT2D eigenvalue weighted by atomic mass is 10.0. The molecule has 0 heterocycles. The Kier molecular flexibility index (Phi) is 6.91. The summed E-state index contributed by atoms with van der Waals surface area (Å²) in [5, 5.41) is 5.22. The standard InChI is InChI=1S/C20H21N2O4/c1-14(2)18(19(24)21-17-11-7-6-10-16(17)12-23)22-20(25)26-13-15-8-4-3-5-9-15/h3-11,14,18H,13H2,1-2H3,(H,21,24)(H,22,25)/t18-/m0/s1. The van der Waals surface area contributed by atoms with E-state index in [2.05, 4.69) is 10.6 Å². The molecule has 0 saturated carbocycles. The lowest BCUT2D eigenvalue weighted by molar-refractivity contribution is -0.119. The van der Waals surface area contributed by atoms with Crippen molar-refractivity contribution < 1.29 is 19.1 Å². The van der Waals surface area contributed by atoms with E-state index < -0.39 is 18.0 Å². The molecule has 26 heavy (non-hydrogen) atoms. The fourth-order valence-corrected chi connectivity index (χ4v) is 2.32. The first-order valence-corrected chi connectivity index (χ1v) is 8.26.